The minimum Gasteiger partial charge on any atom is -0.323 e. The summed E-state index contributed by atoms with van der Waals surface area (Å²) in [5.74, 6) is 0.758. The highest BCUT2D eigenvalue weighted by molar-refractivity contribution is 7.12. The van der Waals surface area contributed by atoms with Crippen LogP contribution in [-0.4, -0.2) is 0 Å². The van der Waals surface area contributed by atoms with Crippen molar-refractivity contribution in [2.24, 2.45) is 11.7 Å². The normalized spacial score (nSPS) is 18.8. The second kappa shape index (κ2) is 6.01. The smallest absolute Gasteiger partial charge is 0.0392 e. The average Bonchev–Trinajstić information content (AvgIpc) is 2.72. The van der Waals surface area contributed by atoms with Gasteiger partial charge in [-0.05, 0) is 49.7 Å². The molecule has 0 bridgehead atoms. The summed E-state index contributed by atoms with van der Waals surface area (Å²) < 4.78 is 0. The Morgan fingerprint density at radius 3 is 2.82 bits per heavy atom. The van der Waals surface area contributed by atoms with Crippen LogP contribution < -0.4 is 5.73 Å². The van der Waals surface area contributed by atoms with Gasteiger partial charge in [0.05, 0.1) is 0 Å². The van der Waals surface area contributed by atoms with Crippen LogP contribution in [0.15, 0.2) is 6.07 Å². The van der Waals surface area contributed by atoms with Gasteiger partial charge in [-0.1, -0.05) is 26.7 Å². The van der Waals surface area contributed by atoms with Gasteiger partial charge < -0.3 is 5.73 Å². The summed E-state index contributed by atoms with van der Waals surface area (Å²) in [5.41, 5.74) is 7.94. The molecule has 0 fully saturated rings. The van der Waals surface area contributed by atoms with E-state index in [9.17, 15) is 0 Å². The minimum absolute atomic E-state index is 0.271. The predicted octanol–water partition coefficient (Wildman–Crippen LogP) is 4.45. The van der Waals surface area contributed by atoms with Crippen molar-refractivity contribution < 1.29 is 0 Å². The highest BCUT2D eigenvalue weighted by Gasteiger charge is 2.18. The van der Waals surface area contributed by atoms with Crippen LogP contribution in [0.5, 0.6) is 0 Å². The van der Waals surface area contributed by atoms with Gasteiger partial charge in [-0.25, -0.2) is 0 Å². The molecule has 96 valence electrons. The van der Waals surface area contributed by atoms with E-state index in [0.29, 0.717) is 0 Å². The van der Waals surface area contributed by atoms with Crippen molar-refractivity contribution in [3.05, 3.63) is 21.4 Å². The Hall–Kier alpha value is -0.340. The Kier molecular flexibility index (Phi) is 4.63. The van der Waals surface area contributed by atoms with Crippen LogP contribution in [0.4, 0.5) is 0 Å². The minimum atomic E-state index is 0.271. The van der Waals surface area contributed by atoms with Crippen LogP contribution in [0, 0.1) is 5.92 Å². The summed E-state index contributed by atoms with van der Waals surface area (Å²) in [6.07, 6.45) is 9.03. The highest BCUT2D eigenvalue weighted by atomic mass is 32.1. The van der Waals surface area contributed by atoms with Gasteiger partial charge in [0.25, 0.3) is 0 Å². The van der Waals surface area contributed by atoms with E-state index in [1.54, 1.807) is 10.4 Å². The van der Waals surface area contributed by atoms with Crippen molar-refractivity contribution in [3.63, 3.8) is 0 Å². The molecule has 1 aromatic heterocycles. The van der Waals surface area contributed by atoms with Crippen molar-refractivity contribution in [3.8, 4) is 0 Å². The molecule has 1 aliphatic carbocycles. The van der Waals surface area contributed by atoms with Gasteiger partial charge >= 0.3 is 0 Å². The molecule has 2 N–H and O–H groups in total. The van der Waals surface area contributed by atoms with Gasteiger partial charge in [-0.3, -0.25) is 0 Å². The molecule has 1 heterocycles. The predicted molar refractivity (Wildman–Crippen MR) is 76.6 cm³/mol. The Balaban J connectivity index is 1.99. The van der Waals surface area contributed by atoms with E-state index in [2.05, 4.69) is 19.9 Å². The lowest BCUT2D eigenvalue weighted by molar-refractivity contribution is 0.443. The topological polar surface area (TPSA) is 26.0 Å². The first-order valence-electron chi connectivity index (χ1n) is 7.07. The Bertz CT molecular complexity index is 332. The van der Waals surface area contributed by atoms with Crippen LogP contribution in [0.2, 0.25) is 0 Å². The number of rotatable bonds is 5. The quantitative estimate of drug-likeness (QED) is 0.822. The highest BCUT2D eigenvalue weighted by Crippen LogP contribution is 2.34. The summed E-state index contributed by atoms with van der Waals surface area (Å²) in [4.78, 5) is 3.05. The van der Waals surface area contributed by atoms with E-state index < -0.39 is 0 Å². The maximum atomic E-state index is 6.35. The Labute approximate surface area is 109 Å². The SMILES string of the molecule is CCCC(C)CC(N)c1cc2c(s1)CCCC2. The zero-order chi connectivity index (χ0) is 12.3. The first-order valence-corrected chi connectivity index (χ1v) is 7.89. The van der Waals surface area contributed by atoms with Crippen LogP contribution in [0.25, 0.3) is 0 Å². The van der Waals surface area contributed by atoms with Crippen LogP contribution >= 0.6 is 11.3 Å². The second-order valence-electron chi connectivity index (χ2n) is 5.54. The third kappa shape index (κ3) is 3.32. The third-order valence-electron chi connectivity index (χ3n) is 3.82. The van der Waals surface area contributed by atoms with Gasteiger partial charge in [0.1, 0.15) is 0 Å². The second-order valence-corrected chi connectivity index (χ2v) is 6.71. The van der Waals surface area contributed by atoms with E-state index in [1.807, 2.05) is 11.3 Å². The molecule has 0 spiro atoms. The lowest BCUT2D eigenvalue weighted by Gasteiger charge is -2.15. The molecule has 1 aromatic rings. The fraction of sp³-hybridized carbons (Fsp3) is 0.733. The van der Waals surface area contributed by atoms with Crippen molar-refractivity contribution in [2.75, 3.05) is 0 Å². The number of fused-ring (bicyclic) bond motifs is 1. The van der Waals surface area contributed by atoms with Crippen LogP contribution in [-0.2, 0) is 12.8 Å². The molecule has 0 radical (unpaired) electrons. The van der Waals surface area contributed by atoms with Crippen molar-refractivity contribution in [1.82, 2.24) is 0 Å². The van der Waals surface area contributed by atoms with Gasteiger partial charge in [0.2, 0.25) is 0 Å². The van der Waals surface area contributed by atoms with E-state index >= 15 is 0 Å². The standard InChI is InChI=1S/C15H25NS/c1-3-6-11(2)9-13(16)15-10-12-7-4-5-8-14(12)17-15/h10-11,13H,3-9,16H2,1-2H3. The van der Waals surface area contributed by atoms with Gasteiger partial charge in [0.15, 0.2) is 0 Å². The van der Waals surface area contributed by atoms with E-state index in [4.69, 9.17) is 5.73 Å². The van der Waals surface area contributed by atoms with Crippen molar-refractivity contribution in [2.45, 2.75) is 64.8 Å². The number of hydrogen-bond acceptors (Lipinski definition) is 2. The number of hydrogen-bond donors (Lipinski definition) is 1. The van der Waals surface area contributed by atoms with Gasteiger partial charge in [-0.2, -0.15) is 0 Å². The fourth-order valence-electron chi connectivity index (χ4n) is 2.86. The number of thiophene rings is 1. The molecular weight excluding hydrogens is 226 g/mol. The monoisotopic (exact) mass is 251 g/mol. The molecule has 2 atom stereocenters. The van der Waals surface area contributed by atoms with Crippen molar-refractivity contribution in [1.29, 1.82) is 0 Å². The zero-order valence-electron chi connectivity index (χ0n) is 11.2. The van der Waals surface area contributed by atoms with Crippen LogP contribution in [0.1, 0.15) is 67.3 Å². The van der Waals surface area contributed by atoms with E-state index in [0.717, 1.165) is 12.3 Å². The third-order valence-corrected chi connectivity index (χ3v) is 5.19. The number of nitrogens with two attached hydrogens (primary N) is 1. The maximum absolute atomic E-state index is 6.35. The summed E-state index contributed by atoms with van der Waals surface area (Å²) in [6.45, 7) is 4.59. The lowest BCUT2D eigenvalue weighted by Crippen LogP contribution is -2.12. The molecule has 1 nitrogen and oxygen atoms in total. The molecule has 0 saturated heterocycles. The number of aryl methyl sites for hydroxylation is 2. The molecule has 0 saturated carbocycles. The van der Waals surface area contributed by atoms with E-state index in [-0.39, 0.29) is 6.04 Å². The molecule has 17 heavy (non-hydrogen) atoms. The van der Waals surface area contributed by atoms with Gasteiger partial charge in [-0.15, -0.1) is 11.3 Å². The van der Waals surface area contributed by atoms with E-state index in [1.165, 1.54) is 43.4 Å². The molecule has 0 aliphatic heterocycles. The molecule has 2 rings (SSSR count). The molecular formula is C15H25NS. The summed E-state index contributed by atoms with van der Waals surface area (Å²) >= 11 is 1.98. The summed E-state index contributed by atoms with van der Waals surface area (Å²) in [5, 5.41) is 0. The van der Waals surface area contributed by atoms with Gasteiger partial charge in [0, 0.05) is 15.8 Å². The summed E-state index contributed by atoms with van der Waals surface area (Å²) in [6, 6.07) is 2.66. The molecule has 0 amide bonds. The van der Waals surface area contributed by atoms with Crippen LogP contribution in [0.3, 0.4) is 0 Å². The molecule has 2 unspecified atom stereocenters. The first kappa shape index (κ1) is 13.1. The largest absolute Gasteiger partial charge is 0.323 e. The molecule has 1 aliphatic rings. The zero-order valence-corrected chi connectivity index (χ0v) is 12.0. The average molecular weight is 251 g/mol. The Morgan fingerprint density at radius 2 is 2.12 bits per heavy atom. The molecule has 2 heteroatoms. The first-order chi connectivity index (χ1) is 8.20. The fourth-order valence-corrected chi connectivity index (χ4v) is 4.13. The maximum Gasteiger partial charge on any atom is 0.0392 e. The molecule has 0 aromatic carbocycles. The lowest BCUT2D eigenvalue weighted by atomic mass is 9.95. The van der Waals surface area contributed by atoms with Crippen molar-refractivity contribution >= 4 is 11.3 Å². The summed E-state index contributed by atoms with van der Waals surface area (Å²) in [7, 11) is 0. The Morgan fingerprint density at radius 1 is 1.35 bits per heavy atom.